The summed E-state index contributed by atoms with van der Waals surface area (Å²) in [5.41, 5.74) is 4.53. The first-order valence-electron chi connectivity index (χ1n) is 8.57. The summed E-state index contributed by atoms with van der Waals surface area (Å²) in [5.74, 6) is 0.938. The molecule has 4 rings (SSSR count). The van der Waals surface area contributed by atoms with Gasteiger partial charge in [0, 0.05) is 12.7 Å². The van der Waals surface area contributed by atoms with E-state index in [2.05, 4.69) is 25.9 Å². The van der Waals surface area contributed by atoms with Crippen LogP contribution >= 0.6 is 0 Å². The minimum absolute atomic E-state index is 0.138. The second-order valence-corrected chi connectivity index (χ2v) is 6.35. The van der Waals surface area contributed by atoms with Gasteiger partial charge in [0.15, 0.2) is 0 Å². The Kier molecular flexibility index (Phi) is 4.28. The van der Waals surface area contributed by atoms with Gasteiger partial charge in [-0.05, 0) is 43.0 Å². The third-order valence-electron chi connectivity index (χ3n) is 4.78. The normalized spacial score (nSPS) is 17.3. The Balaban J connectivity index is 1.63. The maximum absolute atomic E-state index is 9.54. The number of nitrogens with one attached hydrogen (secondary N) is 1. The first-order chi connectivity index (χ1) is 11.8. The number of para-hydroxylation sites is 2. The monoisotopic (exact) mass is 322 g/mol. The molecule has 1 aliphatic rings. The quantitative estimate of drug-likeness (QED) is 0.758. The van der Waals surface area contributed by atoms with Crippen LogP contribution in [0, 0.1) is 0 Å². The zero-order chi connectivity index (χ0) is 16.4. The van der Waals surface area contributed by atoms with Crippen molar-refractivity contribution in [3.8, 4) is 0 Å². The van der Waals surface area contributed by atoms with Crippen LogP contribution in [-0.2, 0) is 13.0 Å². The number of rotatable bonds is 5. The van der Waals surface area contributed by atoms with Gasteiger partial charge in [0.2, 0.25) is 0 Å². The van der Waals surface area contributed by atoms with Gasteiger partial charge in [-0.25, -0.2) is 4.98 Å². The molecule has 0 amide bonds. The van der Waals surface area contributed by atoms with Crippen molar-refractivity contribution in [3.05, 3.63) is 59.7 Å². The molecule has 24 heavy (non-hydrogen) atoms. The molecule has 0 unspecified atom stereocenters. The van der Waals surface area contributed by atoms with Gasteiger partial charge in [-0.1, -0.05) is 18.2 Å². The smallest absolute Gasteiger partial charge is 0.121 e. The molecule has 1 aliphatic carbocycles. The highest BCUT2D eigenvalue weighted by atomic mass is 16.3. The first kappa shape index (κ1) is 15.3. The van der Waals surface area contributed by atoms with Crippen molar-refractivity contribution in [1.82, 2.24) is 19.9 Å². The molecule has 0 bridgehead atoms. The minimum atomic E-state index is 0.138. The number of fused-ring (bicyclic) bond motifs is 2. The van der Waals surface area contributed by atoms with Gasteiger partial charge in [-0.3, -0.25) is 9.88 Å². The molecule has 0 aliphatic heterocycles. The van der Waals surface area contributed by atoms with Crippen molar-refractivity contribution in [2.75, 3.05) is 13.2 Å². The summed E-state index contributed by atoms with van der Waals surface area (Å²) in [6, 6.07) is 12.5. The van der Waals surface area contributed by atoms with Gasteiger partial charge in [0.05, 0.1) is 35.9 Å². The van der Waals surface area contributed by atoms with E-state index in [9.17, 15) is 5.11 Å². The molecule has 2 aromatic heterocycles. The lowest BCUT2D eigenvalue weighted by Crippen LogP contribution is -2.34. The molecule has 1 atom stereocenters. The molecule has 1 aromatic carbocycles. The number of benzene rings is 1. The molecule has 124 valence electrons. The Hall–Kier alpha value is -2.24. The van der Waals surface area contributed by atoms with Crippen molar-refractivity contribution in [3.63, 3.8) is 0 Å². The average molecular weight is 322 g/mol. The largest absolute Gasteiger partial charge is 0.395 e. The highest BCUT2D eigenvalue weighted by molar-refractivity contribution is 5.74. The number of aromatic amines is 1. The van der Waals surface area contributed by atoms with Crippen LogP contribution in [0.4, 0.5) is 0 Å². The zero-order valence-corrected chi connectivity index (χ0v) is 13.7. The topological polar surface area (TPSA) is 65.0 Å². The number of nitrogens with zero attached hydrogens (tertiary/aromatic N) is 3. The lowest BCUT2D eigenvalue weighted by molar-refractivity contribution is 0.126. The molecule has 0 fully saturated rings. The van der Waals surface area contributed by atoms with Crippen molar-refractivity contribution in [1.29, 1.82) is 0 Å². The van der Waals surface area contributed by atoms with Crippen molar-refractivity contribution < 1.29 is 5.11 Å². The predicted octanol–water partition coefficient (Wildman–Crippen LogP) is 2.83. The van der Waals surface area contributed by atoms with E-state index >= 15 is 0 Å². The highest BCUT2D eigenvalue weighted by Crippen LogP contribution is 2.33. The van der Waals surface area contributed by atoms with Crippen molar-refractivity contribution in [2.24, 2.45) is 0 Å². The Morgan fingerprint density at radius 2 is 2.12 bits per heavy atom. The van der Waals surface area contributed by atoms with Gasteiger partial charge in [-0.15, -0.1) is 0 Å². The fourth-order valence-electron chi connectivity index (χ4n) is 3.69. The molecular formula is C19H22N4O. The summed E-state index contributed by atoms with van der Waals surface area (Å²) < 4.78 is 0. The van der Waals surface area contributed by atoms with Gasteiger partial charge < -0.3 is 10.1 Å². The number of aliphatic hydroxyl groups excluding tert-OH is 1. The van der Waals surface area contributed by atoms with E-state index in [0.29, 0.717) is 13.1 Å². The van der Waals surface area contributed by atoms with Crippen LogP contribution in [-0.4, -0.2) is 38.1 Å². The van der Waals surface area contributed by atoms with Crippen LogP contribution in [0.3, 0.4) is 0 Å². The summed E-state index contributed by atoms with van der Waals surface area (Å²) in [5, 5.41) is 9.54. The summed E-state index contributed by atoms with van der Waals surface area (Å²) in [6.45, 7) is 1.45. The Labute approximate surface area is 141 Å². The van der Waals surface area contributed by atoms with Gasteiger partial charge in [-0.2, -0.15) is 0 Å². The minimum Gasteiger partial charge on any atom is -0.395 e. The molecule has 0 saturated heterocycles. The maximum atomic E-state index is 9.54. The molecule has 5 nitrogen and oxygen atoms in total. The third-order valence-corrected chi connectivity index (χ3v) is 4.78. The summed E-state index contributed by atoms with van der Waals surface area (Å²) in [7, 11) is 0. The van der Waals surface area contributed by atoms with E-state index in [4.69, 9.17) is 0 Å². The van der Waals surface area contributed by atoms with Crippen LogP contribution in [0.15, 0.2) is 42.6 Å². The number of hydrogen-bond acceptors (Lipinski definition) is 4. The van der Waals surface area contributed by atoms with Crippen LogP contribution in [0.2, 0.25) is 0 Å². The number of H-pyrrole nitrogens is 1. The number of hydrogen-bond donors (Lipinski definition) is 2. The average Bonchev–Trinajstić information content (AvgIpc) is 3.03. The molecule has 3 aromatic rings. The zero-order valence-electron chi connectivity index (χ0n) is 13.7. The fraction of sp³-hybridized carbons (Fsp3) is 0.368. The highest BCUT2D eigenvalue weighted by Gasteiger charge is 2.27. The number of aryl methyl sites for hydroxylation is 1. The molecule has 2 heterocycles. The lowest BCUT2D eigenvalue weighted by Gasteiger charge is -2.34. The van der Waals surface area contributed by atoms with Crippen molar-refractivity contribution >= 4 is 11.0 Å². The second-order valence-electron chi connectivity index (χ2n) is 6.35. The van der Waals surface area contributed by atoms with E-state index < -0.39 is 0 Å². The van der Waals surface area contributed by atoms with Crippen molar-refractivity contribution in [2.45, 2.75) is 31.8 Å². The van der Waals surface area contributed by atoms with E-state index in [1.165, 1.54) is 5.56 Å². The number of aromatic nitrogens is 3. The summed E-state index contributed by atoms with van der Waals surface area (Å²) in [6.07, 6.45) is 5.20. The Morgan fingerprint density at radius 1 is 1.21 bits per heavy atom. The number of pyridine rings is 1. The Morgan fingerprint density at radius 3 is 3.00 bits per heavy atom. The summed E-state index contributed by atoms with van der Waals surface area (Å²) >= 11 is 0. The molecular weight excluding hydrogens is 300 g/mol. The maximum Gasteiger partial charge on any atom is 0.121 e. The van der Waals surface area contributed by atoms with Gasteiger partial charge in [0.25, 0.3) is 0 Å². The number of aliphatic hydroxyl groups is 1. The van der Waals surface area contributed by atoms with E-state index in [1.807, 2.05) is 36.5 Å². The summed E-state index contributed by atoms with van der Waals surface area (Å²) in [4.78, 5) is 15.0. The molecule has 0 radical (unpaired) electrons. The standard InChI is InChI=1S/C19H22N4O/c24-12-11-23(13-18-21-15-7-1-2-8-16(15)22-18)17-9-3-5-14-6-4-10-20-19(14)17/h1-2,4,6-8,10,17,24H,3,5,9,11-13H2,(H,21,22)/t17-/m0/s1. The SMILES string of the molecule is OCCN(Cc1nc2ccccc2[nH]1)[C@H]1CCCc2cccnc21. The van der Waals surface area contributed by atoms with E-state index in [1.54, 1.807) is 0 Å². The van der Waals surface area contributed by atoms with Crippen LogP contribution in [0.1, 0.15) is 36.0 Å². The van der Waals surface area contributed by atoms with Crippen LogP contribution < -0.4 is 0 Å². The second kappa shape index (κ2) is 6.71. The molecule has 5 heteroatoms. The molecule has 0 saturated carbocycles. The fourth-order valence-corrected chi connectivity index (χ4v) is 3.69. The van der Waals surface area contributed by atoms with Crippen LogP contribution in [0.5, 0.6) is 0 Å². The van der Waals surface area contributed by atoms with E-state index in [0.717, 1.165) is 41.8 Å². The van der Waals surface area contributed by atoms with Crippen LogP contribution in [0.25, 0.3) is 11.0 Å². The van der Waals surface area contributed by atoms with Gasteiger partial charge in [0.1, 0.15) is 5.82 Å². The predicted molar refractivity (Wildman–Crippen MR) is 93.5 cm³/mol. The lowest BCUT2D eigenvalue weighted by atomic mass is 9.91. The van der Waals surface area contributed by atoms with Gasteiger partial charge >= 0.3 is 0 Å². The first-order valence-corrected chi connectivity index (χ1v) is 8.57. The third kappa shape index (κ3) is 2.92. The van der Waals surface area contributed by atoms with E-state index in [-0.39, 0.29) is 12.6 Å². The Bertz CT molecular complexity index is 796. The number of imidazole rings is 1. The molecule has 0 spiro atoms. The molecule has 2 N–H and O–H groups in total.